The Morgan fingerprint density at radius 3 is 2.60 bits per heavy atom. The molecule has 0 aromatic heterocycles. The highest BCUT2D eigenvalue weighted by Gasteiger charge is 2.08. The normalized spacial score (nSPS) is 11.8. The maximum atomic E-state index is 11.6. The topological polar surface area (TPSA) is 66.4 Å². The zero-order chi connectivity index (χ0) is 14.8. The molecule has 1 aromatic carbocycles. The molecule has 0 radical (unpaired) electrons. The van der Waals surface area contributed by atoms with E-state index in [-0.39, 0.29) is 18.4 Å². The third-order valence-electron chi connectivity index (χ3n) is 2.76. The molecule has 0 bridgehead atoms. The Kier molecular flexibility index (Phi) is 7.80. The molecule has 20 heavy (non-hydrogen) atoms. The summed E-state index contributed by atoms with van der Waals surface area (Å²) in [5.41, 5.74) is 0. The van der Waals surface area contributed by atoms with Gasteiger partial charge >= 0.3 is 5.97 Å². The van der Waals surface area contributed by atoms with E-state index in [9.17, 15) is 9.59 Å². The summed E-state index contributed by atoms with van der Waals surface area (Å²) in [4.78, 5) is 23.3. The van der Waals surface area contributed by atoms with Crippen LogP contribution in [0.4, 0.5) is 0 Å². The van der Waals surface area contributed by atoms with Gasteiger partial charge in [0.05, 0.1) is 0 Å². The molecule has 0 aliphatic rings. The number of aliphatic carboxylic acids is 1. The summed E-state index contributed by atoms with van der Waals surface area (Å²) < 4.78 is 0. The van der Waals surface area contributed by atoms with Crippen molar-refractivity contribution in [2.24, 2.45) is 0 Å². The van der Waals surface area contributed by atoms with Gasteiger partial charge in [0, 0.05) is 23.8 Å². The number of carbonyl (C=O) groups excluding carboxylic acids is 1. The van der Waals surface area contributed by atoms with Crippen molar-refractivity contribution in [3.05, 3.63) is 30.3 Å². The fraction of sp³-hybridized carbons (Fsp3) is 0.467. The second-order valence-electron chi connectivity index (χ2n) is 4.67. The number of hydrogen-bond donors (Lipinski definition) is 2. The molecule has 0 spiro atoms. The average molecular weight is 295 g/mol. The maximum absolute atomic E-state index is 11.6. The molecule has 0 heterocycles. The lowest BCUT2D eigenvalue weighted by Gasteiger charge is -2.12. The van der Waals surface area contributed by atoms with Gasteiger partial charge in [-0.3, -0.25) is 9.59 Å². The lowest BCUT2D eigenvalue weighted by atomic mass is 10.2. The van der Waals surface area contributed by atoms with Crippen LogP contribution in [0, 0.1) is 0 Å². The second kappa shape index (κ2) is 9.42. The van der Waals surface area contributed by atoms with Crippen LogP contribution >= 0.6 is 11.8 Å². The highest BCUT2D eigenvalue weighted by Crippen LogP contribution is 2.18. The summed E-state index contributed by atoms with van der Waals surface area (Å²) >= 11 is 1.74. The molecule has 0 aliphatic carbocycles. The third kappa shape index (κ3) is 7.84. The van der Waals surface area contributed by atoms with Crippen molar-refractivity contribution in [1.82, 2.24) is 5.32 Å². The van der Waals surface area contributed by atoms with Crippen molar-refractivity contribution in [2.45, 2.75) is 43.5 Å². The molecule has 1 aromatic rings. The van der Waals surface area contributed by atoms with Crippen molar-refractivity contribution >= 4 is 23.6 Å². The molecule has 0 fully saturated rings. The molecule has 1 unspecified atom stereocenters. The minimum atomic E-state index is -0.828. The van der Waals surface area contributed by atoms with Crippen LogP contribution < -0.4 is 5.32 Å². The van der Waals surface area contributed by atoms with E-state index in [1.165, 1.54) is 4.90 Å². The van der Waals surface area contributed by atoms with Gasteiger partial charge in [-0.1, -0.05) is 18.2 Å². The fourth-order valence-corrected chi connectivity index (χ4v) is 2.57. The van der Waals surface area contributed by atoms with Crippen molar-refractivity contribution < 1.29 is 14.7 Å². The Morgan fingerprint density at radius 1 is 1.25 bits per heavy atom. The van der Waals surface area contributed by atoms with Gasteiger partial charge in [0.1, 0.15) is 0 Å². The van der Waals surface area contributed by atoms with E-state index in [2.05, 4.69) is 17.4 Å². The number of amides is 1. The zero-order valence-corrected chi connectivity index (χ0v) is 12.5. The molecular weight excluding hydrogens is 274 g/mol. The van der Waals surface area contributed by atoms with Gasteiger partial charge in [0.25, 0.3) is 0 Å². The van der Waals surface area contributed by atoms with Crippen LogP contribution in [0.2, 0.25) is 0 Å². The Morgan fingerprint density at radius 2 is 1.95 bits per heavy atom. The summed E-state index contributed by atoms with van der Waals surface area (Å²) in [5, 5.41) is 11.4. The average Bonchev–Trinajstić information content (AvgIpc) is 2.42. The van der Waals surface area contributed by atoms with E-state index in [0.717, 1.165) is 12.2 Å². The minimum Gasteiger partial charge on any atom is -0.481 e. The van der Waals surface area contributed by atoms with Gasteiger partial charge in [0.2, 0.25) is 5.91 Å². The highest BCUT2D eigenvalue weighted by molar-refractivity contribution is 7.99. The van der Waals surface area contributed by atoms with Crippen LogP contribution in [0.5, 0.6) is 0 Å². The molecule has 0 saturated carbocycles. The Labute approximate surface area is 124 Å². The van der Waals surface area contributed by atoms with Gasteiger partial charge in [-0.15, -0.1) is 11.8 Å². The van der Waals surface area contributed by atoms with E-state index >= 15 is 0 Å². The van der Waals surface area contributed by atoms with Gasteiger partial charge in [-0.05, 0) is 37.7 Å². The monoisotopic (exact) mass is 295 g/mol. The number of carbonyl (C=O) groups is 2. The Hall–Kier alpha value is -1.49. The number of hydrogen-bond acceptors (Lipinski definition) is 3. The van der Waals surface area contributed by atoms with Gasteiger partial charge < -0.3 is 10.4 Å². The molecular formula is C15H21NO3S. The van der Waals surface area contributed by atoms with Crippen molar-refractivity contribution in [2.75, 3.05) is 5.75 Å². The molecule has 0 saturated heterocycles. The number of rotatable bonds is 9. The Balaban J connectivity index is 2.09. The largest absolute Gasteiger partial charge is 0.481 e. The van der Waals surface area contributed by atoms with Crippen LogP contribution in [0.25, 0.3) is 0 Å². The molecule has 1 amide bonds. The van der Waals surface area contributed by atoms with Crippen LogP contribution in [-0.2, 0) is 9.59 Å². The number of carboxylic acids is 1. The second-order valence-corrected chi connectivity index (χ2v) is 5.83. The molecule has 110 valence electrons. The molecule has 4 nitrogen and oxygen atoms in total. The van der Waals surface area contributed by atoms with E-state index in [4.69, 9.17) is 5.11 Å². The first-order valence-corrected chi connectivity index (χ1v) is 7.75. The number of carboxylic acid groups (broad SMARTS) is 1. The number of nitrogens with one attached hydrogen (secondary N) is 1. The van der Waals surface area contributed by atoms with E-state index in [1.807, 2.05) is 25.1 Å². The summed E-state index contributed by atoms with van der Waals surface area (Å²) in [6.45, 7) is 1.83. The van der Waals surface area contributed by atoms with Crippen LogP contribution in [-0.4, -0.2) is 28.8 Å². The number of benzene rings is 1. The van der Waals surface area contributed by atoms with E-state index in [0.29, 0.717) is 12.8 Å². The van der Waals surface area contributed by atoms with Gasteiger partial charge in [-0.25, -0.2) is 0 Å². The lowest BCUT2D eigenvalue weighted by Crippen LogP contribution is -2.32. The summed E-state index contributed by atoms with van der Waals surface area (Å²) in [6.07, 6.45) is 1.86. The van der Waals surface area contributed by atoms with Crippen molar-refractivity contribution in [1.29, 1.82) is 0 Å². The smallest absolute Gasteiger partial charge is 0.303 e. The summed E-state index contributed by atoms with van der Waals surface area (Å²) in [7, 11) is 0. The first kappa shape index (κ1) is 16.6. The predicted octanol–water partition coefficient (Wildman–Crippen LogP) is 2.93. The van der Waals surface area contributed by atoms with E-state index < -0.39 is 5.97 Å². The summed E-state index contributed by atoms with van der Waals surface area (Å²) in [5.74, 6) is 0.0721. The van der Waals surface area contributed by atoms with Gasteiger partial charge in [-0.2, -0.15) is 0 Å². The minimum absolute atomic E-state index is 0.00319. The summed E-state index contributed by atoms with van der Waals surface area (Å²) in [6, 6.07) is 10.0. The first-order valence-electron chi connectivity index (χ1n) is 6.77. The quantitative estimate of drug-likeness (QED) is 0.543. The maximum Gasteiger partial charge on any atom is 0.303 e. The Bertz CT molecular complexity index is 422. The van der Waals surface area contributed by atoms with Crippen LogP contribution in [0.15, 0.2) is 35.2 Å². The molecule has 0 aliphatic heterocycles. The zero-order valence-electron chi connectivity index (χ0n) is 11.7. The highest BCUT2D eigenvalue weighted by atomic mass is 32.2. The van der Waals surface area contributed by atoms with Crippen LogP contribution in [0.3, 0.4) is 0 Å². The fourth-order valence-electron chi connectivity index (χ4n) is 1.70. The van der Waals surface area contributed by atoms with E-state index in [1.54, 1.807) is 11.8 Å². The van der Waals surface area contributed by atoms with Crippen molar-refractivity contribution in [3.63, 3.8) is 0 Å². The molecule has 1 atom stereocenters. The molecule has 5 heteroatoms. The van der Waals surface area contributed by atoms with Gasteiger partial charge in [0.15, 0.2) is 0 Å². The van der Waals surface area contributed by atoms with Crippen molar-refractivity contribution in [3.8, 4) is 0 Å². The predicted molar refractivity (Wildman–Crippen MR) is 80.9 cm³/mol. The SMILES string of the molecule is CC(CCC(=O)O)NC(=O)CCCSc1ccccc1. The lowest BCUT2D eigenvalue weighted by molar-refractivity contribution is -0.137. The first-order chi connectivity index (χ1) is 9.58. The number of thioether (sulfide) groups is 1. The standard InChI is InChI=1S/C15H21NO3S/c1-12(9-10-15(18)19)16-14(17)8-5-11-20-13-6-3-2-4-7-13/h2-4,6-7,12H,5,8-11H2,1H3,(H,16,17)(H,18,19). The molecule has 2 N–H and O–H groups in total. The van der Waals surface area contributed by atoms with Crippen LogP contribution in [0.1, 0.15) is 32.6 Å². The third-order valence-corrected chi connectivity index (χ3v) is 3.86. The molecule has 1 rings (SSSR count).